The first kappa shape index (κ1) is 18.4. The van der Waals surface area contributed by atoms with Crippen LogP contribution in [-0.2, 0) is 0 Å². The third kappa shape index (κ3) is 4.22. The molecule has 26 heavy (non-hydrogen) atoms. The van der Waals surface area contributed by atoms with Crippen LogP contribution in [0.25, 0.3) is 0 Å². The van der Waals surface area contributed by atoms with Crippen molar-refractivity contribution < 1.29 is 9.72 Å². The molecule has 0 saturated carbocycles. The van der Waals surface area contributed by atoms with Gasteiger partial charge < -0.3 is 10.2 Å². The van der Waals surface area contributed by atoms with Gasteiger partial charge in [-0.15, -0.1) is 0 Å². The van der Waals surface area contributed by atoms with Crippen LogP contribution in [0.4, 0.5) is 17.1 Å². The second-order valence-corrected chi connectivity index (χ2v) is 7.50. The maximum absolute atomic E-state index is 12.8. The van der Waals surface area contributed by atoms with Crippen LogP contribution in [0.2, 0.25) is 0 Å². The van der Waals surface area contributed by atoms with Crippen LogP contribution in [0.3, 0.4) is 0 Å². The monoisotopic (exact) mass is 417 g/mol. The Morgan fingerprint density at radius 3 is 2.46 bits per heavy atom. The molecule has 0 aromatic heterocycles. The van der Waals surface area contributed by atoms with Crippen molar-refractivity contribution in [3.8, 4) is 0 Å². The molecule has 3 rings (SSSR count). The Hall–Kier alpha value is -2.41. The van der Waals surface area contributed by atoms with Gasteiger partial charge in [-0.25, -0.2) is 0 Å². The zero-order valence-corrected chi connectivity index (χ0v) is 16.0. The minimum Gasteiger partial charge on any atom is -0.371 e. The average Bonchev–Trinajstić information content (AvgIpc) is 2.63. The fourth-order valence-electron chi connectivity index (χ4n) is 3.08. The van der Waals surface area contributed by atoms with Crippen LogP contribution >= 0.6 is 15.9 Å². The molecule has 1 N–H and O–H groups in total. The summed E-state index contributed by atoms with van der Waals surface area (Å²) in [5.74, 6) is 0.314. The van der Waals surface area contributed by atoms with E-state index in [0.717, 1.165) is 36.1 Å². The Balaban J connectivity index is 1.91. The number of piperidine rings is 1. The van der Waals surface area contributed by atoms with Crippen LogP contribution in [0.5, 0.6) is 0 Å². The topological polar surface area (TPSA) is 75.5 Å². The van der Waals surface area contributed by atoms with Crippen molar-refractivity contribution in [2.24, 2.45) is 5.92 Å². The van der Waals surface area contributed by atoms with E-state index in [1.165, 1.54) is 12.1 Å². The van der Waals surface area contributed by atoms with Crippen molar-refractivity contribution in [1.82, 2.24) is 0 Å². The Labute approximate surface area is 160 Å². The number of hydrogen-bond acceptors (Lipinski definition) is 4. The maximum atomic E-state index is 12.8. The SMILES string of the molecule is CC1CCN(c2ccc([N+](=O)[O-])cc2C(=O)Nc2ccc(Br)cc2)CC1. The summed E-state index contributed by atoms with van der Waals surface area (Å²) in [4.78, 5) is 25.7. The molecule has 0 bridgehead atoms. The van der Waals surface area contributed by atoms with E-state index in [9.17, 15) is 14.9 Å². The molecule has 1 fully saturated rings. The average molecular weight is 418 g/mol. The number of halogens is 1. The number of nitrogens with zero attached hydrogens (tertiary/aromatic N) is 2. The van der Waals surface area contributed by atoms with Crippen LogP contribution in [0.15, 0.2) is 46.9 Å². The smallest absolute Gasteiger partial charge is 0.270 e. The molecule has 1 aliphatic rings. The second-order valence-electron chi connectivity index (χ2n) is 6.59. The quantitative estimate of drug-likeness (QED) is 0.569. The molecule has 1 heterocycles. The van der Waals surface area contributed by atoms with Crippen molar-refractivity contribution in [2.45, 2.75) is 19.8 Å². The van der Waals surface area contributed by atoms with E-state index in [4.69, 9.17) is 0 Å². The minimum atomic E-state index is -0.474. The first-order valence-corrected chi connectivity index (χ1v) is 9.33. The van der Waals surface area contributed by atoms with Crippen molar-refractivity contribution in [1.29, 1.82) is 0 Å². The van der Waals surface area contributed by atoms with E-state index in [2.05, 4.69) is 33.1 Å². The number of amides is 1. The van der Waals surface area contributed by atoms with Crippen LogP contribution < -0.4 is 10.2 Å². The fourth-order valence-corrected chi connectivity index (χ4v) is 3.34. The minimum absolute atomic E-state index is 0.0833. The van der Waals surface area contributed by atoms with Gasteiger partial charge in [0.1, 0.15) is 0 Å². The van der Waals surface area contributed by atoms with Gasteiger partial charge in [-0.2, -0.15) is 0 Å². The number of carbonyl (C=O) groups excluding carboxylic acids is 1. The number of nitrogens with one attached hydrogen (secondary N) is 1. The maximum Gasteiger partial charge on any atom is 0.270 e. The third-order valence-corrected chi connectivity index (χ3v) is 5.19. The van der Waals surface area contributed by atoms with Gasteiger partial charge in [-0.3, -0.25) is 14.9 Å². The summed E-state index contributed by atoms with van der Waals surface area (Å²) < 4.78 is 0.911. The third-order valence-electron chi connectivity index (χ3n) is 4.66. The highest BCUT2D eigenvalue weighted by molar-refractivity contribution is 9.10. The Bertz CT molecular complexity index is 815. The van der Waals surface area contributed by atoms with Crippen molar-refractivity contribution in [3.05, 3.63) is 62.6 Å². The lowest BCUT2D eigenvalue weighted by molar-refractivity contribution is -0.384. The van der Waals surface area contributed by atoms with Crippen LogP contribution in [-0.4, -0.2) is 23.9 Å². The number of nitro groups is 1. The van der Waals surface area contributed by atoms with Crippen molar-refractivity contribution in [2.75, 3.05) is 23.3 Å². The molecule has 7 heteroatoms. The molecule has 6 nitrogen and oxygen atoms in total. The molecule has 136 valence electrons. The first-order valence-electron chi connectivity index (χ1n) is 8.54. The van der Waals surface area contributed by atoms with Crippen molar-refractivity contribution >= 4 is 38.9 Å². The zero-order chi connectivity index (χ0) is 18.7. The standard InChI is InChI=1S/C19H20BrN3O3/c1-13-8-10-22(11-9-13)18-7-6-16(23(25)26)12-17(18)19(24)21-15-4-2-14(20)3-5-15/h2-7,12-13H,8-11H2,1H3,(H,21,24). The number of hydrogen-bond donors (Lipinski definition) is 1. The summed E-state index contributed by atoms with van der Waals surface area (Å²) in [5, 5.41) is 14.0. The van der Waals surface area contributed by atoms with Gasteiger partial charge >= 0.3 is 0 Å². The van der Waals surface area contributed by atoms with Gasteiger partial charge in [-0.05, 0) is 49.1 Å². The lowest BCUT2D eigenvalue weighted by atomic mass is 9.98. The zero-order valence-electron chi connectivity index (χ0n) is 14.4. The van der Waals surface area contributed by atoms with E-state index in [-0.39, 0.29) is 11.6 Å². The van der Waals surface area contributed by atoms with Crippen LogP contribution in [0.1, 0.15) is 30.1 Å². The molecular formula is C19H20BrN3O3. The molecule has 0 unspecified atom stereocenters. The number of non-ortho nitro benzene ring substituents is 1. The van der Waals surface area contributed by atoms with Gasteiger partial charge in [0.25, 0.3) is 11.6 Å². The predicted molar refractivity (Wildman–Crippen MR) is 106 cm³/mol. The summed E-state index contributed by atoms with van der Waals surface area (Å²) in [5.41, 5.74) is 1.64. The Kier molecular flexibility index (Phi) is 5.56. The Morgan fingerprint density at radius 2 is 1.85 bits per heavy atom. The molecular weight excluding hydrogens is 398 g/mol. The van der Waals surface area contributed by atoms with Gasteiger partial charge in [0, 0.05) is 35.4 Å². The Morgan fingerprint density at radius 1 is 1.19 bits per heavy atom. The molecule has 1 amide bonds. The molecule has 0 atom stereocenters. The van der Waals surface area contributed by atoms with Crippen molar-refractivity contribution in [3.63, 3.8) is 0 Å². The number of benzene rings is 2. The highest BCUT2D eigenvalue weighted by atomic mass is 79.9. The van der Waals surface area contributed by atoms with Gasteiger partial charge in [0.05, 0.1) is 16.2 Å². The summed E-state index contributed by atoms with van der Waals surface area (Å²) >= 11 is 3.36. The molecule has 2 aromatic rings. The van der Waals surface area contributed by atoms with E-state index in [0.29, 0.717) is 17.2 Å². The summed E-state index contributed by atoms with van der Waals surface area (Å²) in [6, 6.07) is 11.7. The summed E-state index contributed by atoms with van der Waals surface area (Å²) in [7, 11) is 0. The number of carbonyl (C=O) groups is 1. The highest BCUT2D eigenvalue weighted by Crippen LogP contribution is 2.30. The fraction of sp³-hybridized carbons (Fsp3) is 0.316. The highest BCUT2D eigenvalue weighted by Gasteiger charge is 2.23. The molecule has 0 aliphatic carbocycles. The number of rotatable bonds is 4. The van der Waals surface area contributed by atoms with Crippen LogP contribution in [0, 0.1) is 16.0 Å². The van der Waals surface area contributed by atoms with Gasteiger partial charge in [-0.1, -0.05) is 22.9 Å². The van der Waals surface area contributed by atoms with E-state index in [1.807, 2.05) is 12.1 Å². The molecule has 0 spiro atoms. The molecule has 0 radical (unpaired) electrons. The lowest BCUT2D eigenvalue weighted by Crippen LogP contribution is -2.34. The summed E-state index contributed by atoms with van der Waals surface area (Å²) in [6.45, 7) is 3.91. The van der Waals surface area contributed by atoms with E-state index >= 15 is 0 Å². The van der Waals surface area contributed by atoms with Gasteiger partial charge in [0.15, 0.2) is 0 Å². The molecule has 2 aromatic carbocycles. The predicted octanol–water partition coefficient (Wildman–Crippen LogP) is 4.85. The van der Waals surface area contributed by atoms with E-state index < -0.39 is 4.92 Å². The number of nitro benzene ring substituents is 1. The number of anilines is 2. The van der Waals surface area contributed by atoms with Gasteiger partial charge in [0.2, 0.25) is 0 Å². The molecule has 1 saturated heterocycles. The lowest BCUT2D eigenvalue weighted by Gasteiger charge is -2.33. The van der Waals surface area contributed by atoms with E-state index in [1.54, 1.807) is 18.2 Å². The largest absolute Gasteiger partial charge is 0.371 e. The summed E-state index contributed by atoms with van der Waals surface area (Å²) in [6.07, 6.45) is 2.09. The first-order chi connectivity index (χ1) is 12.4. The molecule has 1 aliphatic heterocycles. The second kappa shape index (κ2) is 7.86. The normalized spacial score (nSPS) is 14.9.